The fourth-order valence-corrected chi connectivity index (χ4v) is 3.04. The Morgan fingerprint density at radius 1 is 1.17 bits per heavy atom. The summed E-state index contributed by atoms with van der Waals surface area (Å²) >= 11 is 1.37. The zero-order valence-electron chi connectivity index (χ0n) is 12.7. The number of thiazole rings is 1. The van der Waals surface area contributed by atoms with E-state index in [1.54, 1.807) is 18.4 Å². The number of aromatic nitrogens is 1. The molecule has 0 saturated heterocycles. The lowest BCUT2D eigenvalue weighted by atomic mass is 10.1. The number of nitro groups is 1. The minimum Gasteiger partial charge on any atom is -0.320 e. The molecule has 1 N–H and O–H groups in total. The molecule has 1 heterocycles. The molecule has 0 radical (unpaired) electrons. The number of benzene rings is 2. The molecule has 120 valence electrons. The molecule has 7 heteroatoms. The number of rotatable bonds is 4. The lowest BCUT2D eigenvalue weighted by Crippen LogP contribution is -2.13. The van der Waals surface area contributed by atoms with Crippen LogP contribution >= 0.6 is 11.3 Å². The van der Waals surface area contributed by atoms with Crippen LogP contribution in [-0.2, 0) is 0 Å². The molecule has 0 atom stereocenters. The maximum Gasteiger partial charge on any atom is 0.275 e. The van der Waals surface area contributed by atoms with Crippen LogP contribution in [-0.4, -0.2) is 15.8 Å². The SMILES string of the molecule is Cc1c(NC(=O)c2csc(-c3ccccc3)n2)cccc1[N+](=O)[O-]. The molecule has 0 bridgehead atoms. The van der Waals surface area contributed by atoms with Crippen LogP contribution in [0.3, 0.4) is 0 Å². The summed E-state index contributed by atoms with van der Waals surface area (Å²) in [5.41, 5.74) is 2.01. The third kappa shape index (κ3) is 3.16. The van der Waals surface area contributed by atoms with E-state index in [0.29, 0.717) is 11.3 Å². The Balaban J connectivity index is 1.83. The largest absolute Gasteiger partial charge is 0.320 e. The molecule has 1 amide bonds. The average molecular weight is 339 g/mol. The van der Waals surface area contributed by atoms with Gasteiger partial charge in [-0.15, -0.1) is 11.3 Å². The van der Waals surface area contributed by atoms with E-state index in [1.807, 2.05) is 30.3 Å². The van der Waals surface area contributed by atoms with Crippen LogP contribution in [0.4, 0.5) is 11.4 Å². The predicted octanol–water partition coefficient (Wildman–Crippen LogP) is 4.28. The van der Waals surface area contributed by atoms with Gasteiger partial charge in [-0.05, 0) is 13.0 Å². The van der Waals surface area contributed by atoms with Crippen LogP contribution < -0.4 is 5.32 Å². The number of anilines is 1. The first-order valence-corrected chi connectivity index (χ1v) is 8.00. The van der Waals surface area contributed by atoms with Gasteiger partial charge in [-0.2, -0.15) is 0 Å². The molecule has 0 saturated carbocycles. The maximum absolute atomic E-state index is 12.4. The van der Waals surface area contributed by atoms with E-state index in [9.17, 15) is 14.9 Å². The fraction of sp³-hybridized carbons (Fsp3) is 0.0588. The quantitative estimate of drug-likeness (QED) is 0.568. The Labute approximate surface area is 141 Å². The zero-order valence-corrected chi connectivity index (χ0v) is 13.5. The Morgan fingerprint density at radius 3 is 2.62 bits per heavy atom. The Morgan fingerprint density at radius 2 is 1.92 bits per heavy atom. The van der Waals surface area contributed by atoms with Crippen LogP contribution in [0.5, 0.6) is 0 Å². The summed E-state index contributed by atoms with van der Waals surface area (Å²) in [7, 11) is 0. The van der Waals surface area contributed by atoms with Crippen LogP contribution in [0.1, 0.15) is 16.1 Å². The Kier molecular flexibility index (Phi) is 4.35. The molecule has 0 fully saturated rings. The molecule has 1 aromatic heterocycles. The van der Waals surface area contributed by atoms with Gasteiger partial charge in [0.25, 0.3) is 11.6 Å². The predicted molar refractivity (Wildman–Crippen MR) is 93.3 cm³/mol. The van der Waals surface area contributed by atoms with Crippen molar-refractivity contribution in [3.05, 3.63) is 75.3 Å². The van der Waals surface area contributed by atoms with Crippen molar-refractivity contribution < 1.29 is 9.72 Å². The van der Waals surface area contributed by atoms with E-state index in [1.165, 1.54) is 23.5 Å². The number of hydrogen-bond acceptors (Lipinski definition) is 5. The molecule has 0 aliphatic carbocycles. The van der Waals surface area contributed by atoms with Crippen molar-refractivity contribution in [1.29, 1.82) is 0 Å². The zero-order chi connectivity index (χ0) is 17.1. The van der Waals surface area contributed by atoms with Crippen molar-refractivity contribution in [3.63, 3.8) is 0 Å². The molecule has 0 aliphatic heterocycles. The number of hydrogen-bond donors (Lipinski definition) is 1. The van der Waals surface area contributed by atoms with Crippen LogP contribution in [0.15, 0.2) is 53.9 Å². The van der Waals surface area contributed by atoms with E-state index in [4.69, 9.17) is 0 Å². The van der Waals surface area contributed by atoms with E-state index in [-0.39, 0.29) is 11.4 Å². The summed E-state index contributed by atoms with van der Waals surface area (Å²) in [6.07, 6.45) is 0. The number of amides is 1. The van der Waals surface area contributed by atoms with Crippen molar-refractivity contribution in [2.45, 2.75) is 6.92 Å². The lowest BCUT2D eigenvalue weighted by molar-refractivity contribution is -0.385. The third-order valence-electron chi connectivity index (χ3n) is 3.51. The standard InChI is InChI=1S/C17H13N3O3S/c1-11-13(8-5-9-15(11)20(22)23)18-16(21)14-10-24-17(19-14)12-6-3-2-4-7-12/h2-10H,1H3,(H,18,21). The van der Waals surface area contributed by atoms with Gasteiger partial charge in [0.1, 0.15) is 10.7 Å². The molecule has 24 heavy (non-hydrogen) atoms. The highest BCUT2D eigenvalue weighted by atomic mass is 32.1. The average Bonchev–Trinajstić information content (AvgIpc) is 3.07. The first-order chi connectivity index (χ1) is 11.6. The summed E-state index contributed by atoms with van der Waals surface area (Å²) in [5, 5.41) is 16.1. The van der Waals surface area contributed by atoms with Gasteiger partial charge in [0, 0.05) is 17.0 Å². The van der Waals surface area contributed by atoms with Crippen molar-refractivity contribution in [1.82, 2.24) is 4.98 Å². The van der Waals surface area contributed by atoms with Crippen molar-refractivity contribution in [2.75, 3.05) is 5.32 Å². The highest BCUT2D eigenvalue weighted by Gasteiger charge is 2.17. The van der Waals surface area contributed by atoms with Crippen molar-refractivity contribution in [3.8, 4) is 10.6 Å². The lowest BCUT2D eigenvalue weighted by Gasteiger charge is -2.07. The van der Waals surface area contributed by atoms with Gasteiger partial charge in [-0.3, -0.25) is 14.9 Å². The van der Waals surface area contributed by atoms with E-state index in [2.05, 4.69) is 10.3 Å². The minimum atomic E-state index is -0.471. The number of nitrogens with zero attached hydrogens (tertiary/aromatic N) is 2. The molecule has 3 aromatic rings. The maximum atomic E-state index is 12.4. The van der Waals surface area contributed by atoms with E-state index in [0.717, 1.165) is 10.6 Å². The van der Waals surface area contributed by atoms with Crippen LogP contribution in [0.25, 0.3) is 10.6 Å². The first kappa shape index (κ1) is 15.8. The number of nitrogens with one attached hydrogen (secondary N) is 1. The second kappa shape index (κ2) is 6.59. The molecule has 0 spiro atoms. The Bertz CT molecular complexity index is 906. The van der Waals surface area contributed by atoms with Crippen LogP contribution in [0, 0.1) is 17.0 Å². The number of nitro benzene ring substituents is 1. The molecule has 0 unspecified atom stereocenters. The third-order valence-corrected chi connectivity index (χ3v) is 4.40. The van der Waals surface area contributed by atoms with Crippen molar-refractivity contribution >= 4 is 28.6 Å². The Hall–Kier alpha value is -3.06. The van der Waals surface area contributed by atoms with Gasteiger partial charge in [-0.1, -0.05) is 36.4 Å². The smallest absolute Gasteiger partial charge is 0.275 e. The highest BCUT2D eigenvalue weighted by Crippen LogP contribution is 2.27. The summed E-state index contributed by atoms with van der Waals surface area (Å²) in [5.74, 6) is -0.392. The van der Waals surface area contributed by atoms with Gasteiger partial charge < -0.3 is 5.32 Å². The molecule has 3 rings (SSSR count). The van der Waals surface area contributed by atoms with E-state index >= 15 is 0 Å². The highest BCUT2D eigenvalue weighted by molar-refractivity contribution is 7.13. The summed E-state index contributed by atoms with van der Waals surface area (Å²) < 4.78 is 0. The van der Waals surface area contributed by atoms with Gasteiger partial charge in [-0.25, -0.2) is 4.98 Å². The fourth-order valence-electron chi connectivity index (χ4n) is 2.23. The van der Waals surface area contributed by atoms with Gasteiger partial charge in [0.2, 0.25) is 0 Å². The number of carbonyl (C=O) groups excluding carboxylic acids is 1. The molecular formula is C17H13N3O3S. The molecule has 0 aliphatic rings. The first-order valence-electron chi connectivity index (χ1n) is 7.12. The van der Waals surface area contributed by atoms with Gasteiger partial charge in [0.05, 0.1) is 16.2 Å². The normalized spacial score (nSPS) is 10.4. The summed E-state index contributed by atoms with van der Waals surface area (Å²) in [6, 6.07) is 14.1. The minimum absolute atomic E-state index is 0.0314. The number of carbonyl (C=O) groups is 1. The topological polar surface area (TPSA) is 85.1 Å². The summed E-state index contributed by atoms with van der Waals surface area (Å²) in [4.78, 5) is 27.2. The summed E-state index contributed by atoms with van der Waals surface area (Å²) in [6.45, 7) is 1.60. The second-order valence-corrected chi connectivity index (χ2v) is 5.92. The molecule has 6 nitrogen and oxygen atoms in total. The van der Waals surface area contributed by atoms with Crippen LogP contribution in [0.2, 0.25) is 0 Å². The molecule has 2 aromatic carbocycles. The van der Waals surface area contributed by atoms with Gasteiger partial charge in [0.15, 0.2) is 0 Å². The van der Waals surface area contributed by atoms with E-state index < -0.39 is 10.8 Å². The molecular weight excluding hydrogens is 326 g/mol. The van der Waals surface area contributed by atoms with Crippen molar-refractivity contribution in [2.24, 2.45) is 0 Å². The second-order valence-electron chi connectivity index (χ2n) is 5.06. The van der Waals surface area contributed by atoms with Gasteiger partial charge >= 0.3 is 0 Å². The monoisotopic (exact) mass is 339 g/mol.